The molecular formula is C17H31NO. The molecule has 2 heteroatoms. The molecule has 6 unspecified atom stereocenters. The Morgan fingerprint density at radius 3 is 2.53 bits per heavy atom. The van der Waals surface area contributed by atoms with Gasteiger partial charge in [0.1, 0.15) is 0 Å². The van der Waals surface area contributed by atoms with E-state index in [1.165, 1.54) is 32.1 Å². The second kappa shape index (κ2) is 5.04. The van der Waals surface area contributed by atoms with E-state index < -0.39 is 0 Å². The molecule has 0 amide bonds. The van der Waals surface area contributed by atoms with E-state index in [1.54, 1.807) is 0 Å². The lowest BCUT2D eigenvalue weighted by Gasteiger charge is -2.53. The Balaban J connectivity index is 1.52. The zero-order valence-corrected chi connectivity index (χ0v) is 13.1. The maximum atomic E-state index is 5.84. The summed E-state index contributed by atoms with van der Waals surface area (Å²) >= 11 is 0. The average molecular weight is 265 g/mol. The van der Waals surface area contributed by atoms with E-state index in [0.29, 0.717) is 23.6 Å². The smallest absolute Gasteiger partial charge is 0.0655 e. The van der Waals surface area contributed by atoms with Crippen LogP contribution in [0.2, 0.25) is 0 Å². The Hall–Kier alpha value is -0.0800. The van der Waals surface area contributed by atoms with Crippen LogP contribution in [0.25, 0.3) is 0 Å². The second-order valence-electron chi connectivity index (χ2n) is 7.85. The minimum Gasteiger partial charge on any atom is -0.378 e. The van der Waals surface area contributed by atoms with E-state index in [2.05, 4.69) is 33.0 Å². The summed E-state index contributed by atoms with van der Waals surface area (Å²) in [4.78, 5) is 0. The van der Waals surface area contributed by atoms with Gasteiger partial charge in [-0.3, -0.25) is 0 Å². The van der Waals surface area contributed by atoms with Crippen molar-refractivity contribution in [1.29, 1.82) is 0 Å². The lowest BCUT2D eigenvalue weighted by molar-refractivity contribution is -0.117. The fourth-order valence-corrected chi connectivity index (χ4v) is 5.00. The summed E-state index contributed by atoms with van der Waals surface area (Å²) in [5, 5.41) is 3.94. The Labute approximate surface area is 118 Å². The first-order valence-corrected chi connectivity index (χ1v) is 8.40. The van der Waals surface area contributed by atoms with Gasteiger partial charge in [0.15, 0.2) is 0 Å². The molecular weight excluding hydrogens is 234 g/mol. The quantitative estimate of drug-likeness (QED) is 0.820. The molecule has 1 N–H and O–H groups in total. The summed E-state index contributed by atoms with van der Waals surface area (Å²) in [6.45, 7) is 10.1. The predicted octanol–water partition coefficient (Wildman–Crippen LogP) is 3.60. The van der Waals surface area contributed by atoms with Gasteiger partial charge in [0.05, 0.1) is 6.10 Å². The molecule has 19 heavy (non-hydrogen) atoms. The number of ether oxygens (including phenoxy) is 1. The van der Waals surface area contributed by atoms with E-state index in [4.69, 9.17) is 4.74 Å². The highest BCUT2D eigenvalue weighted by molar-refractivity contribution is 5.05. The molecule has 3 aliphatic carbocycles. The number of fused-ring (bicyclic) bond motifs is 2. The SMILES string of the molecule is CCOC1CC(NC(C)C2CC3CCC2C3)C1(C)C. The first-order chi connectivity index (χ1) is 9.02. The van der Waals surface area contributed by atoms with Crippen LogP contribution in [0, 0.1) is 23.2 Å². The topological polar surface area (TPSA) is 21.3 Å². The first-order valence-electron chi connectivity index (χ1n) is 8.40. The van der Waals surface area contributed by atoms with Gasteiger partial charge in [0, 0.05) is 24.1 Å². The van der Waals surface area contributed by atoms with Gasteiger partial charge < -0.3 is 10.1 Å². The lowest BCUT2D eigenvalue weighted by atomic mass is 9.64. The zero-order chi connectivity index (χ0) is 13.6. The minimum absolute atomic E-state index is 0.307. The van der Waals surface area contributed by atoms with Crippen molar-refractivity contribution in [3.8, 4) is 0 Å². The van der Waals surface area contributed by atoms with Crippen molar-refractivity contribution in [2.75, 3.05) is 6.61 Å². The lowest BCUT2D eigenvalue weighted by Crippen LogP contribution is -2.63. The van der Waals surface area contributed by atoms with Gasteiger partial charge in [-0.05, 0) is 57.3 Å². The van der Waals surface area contributed by atoms with Crippen LogP contribution >= 0.6 is 0 Å². The fourth-order valence-electron chi connectivity index (χ4n) is 5.00. The number of hydrogen-bond acceptors (Lipinski definition) is 2. The van der Waals surface area contributed by atoms with Crippen LogP contribution in [0.15, 0.2) is 0 Å². The standard InChI is InChI=1S/C17H31NO/c1-5-19-16-10-15(17(16,3)4)18-11(2)14-9-12-6-7-13(14)8-12/h11-16,18H,5-10H2,1-4H3. The third-order valence-corrected chi connectivity index (χ3v) is 6.44. The van der Waals surface area contributed by atoms with Crippen molar-refractivity contribution < 1.29 is 4.74 Å². The Morgan fingerprint density at radius 1 is 1.21 bits per heavy atom. The number of rotatable bonds is 5. The second-order valence-corrected chi connectivity index (χ2v) is 7.85. The average Bonchev–Trinajstić information content (AvgIpc) is 2.99. The van der Waals surface area contributed by atoms with Gasteiger partial charge in [0.25, 0.3) is 0 Å². The van der Waals surface area contributed by atoms with E-state index in [1.807, 2.05) is 0 Å². The highest BCUT2D eigenvalue weighted by Crippen LogP contribution is 2.50. The zero-order valence-electron chi connectivity index (χ0n) is 13.1. The minimum atomic E-state index is 0.307. The monoisotopic (exact) mass is 265 g/mol. The van der Waals surface area contributed by atoms with Crippen LogP contribution in [-0.2, 0) is 4.74 Å². The Morgan fingerprint density at radius 2 is 2.00 bits per heavy atom. The van der Waals surface area contributed by atoms with E-state index in [0.717, 1.165) is 24.4 Å². The predicted molar refractivity (Wildman–Crippen MR) is 79.1 cm³/mol. The molecule has 0 aromatic carbocycles. The van der Waals surface area contributed by atoms with E-state index in [-0.39, 0.29) is 0 Å². The highest BCUT2D eigenvalue weighted by Gasteiger charge is 2.50. The Kier molecular flexibility index (Phi) is 3.68. The molecule has 0 aliphatic heterocycles. The molecule has 0 saturated heterocycles. The summed E-state index contributed by atoms with van der Waals surface area (Å²) in [7, 11) is 0. The summed E-state index contributed by atoms with van der Waals surface area (Å²) in [6, 6.07) is 1.35. The molecule has 0 aromatic heterocycles. The van der Waals surface area contributed by atoms with Gasteiger partial charge in [-0.25, -0.2) is 0 Å². The van der Waals surface area contributed by atoms with Crippen LogP contribution in [0.1, 0.15) is 59.8 Å². The normalized spacial score (nSPS) is 45.2. The molecule has 3 fully saturated rings. The van der Waals surface area contributed by atoms with Crippen molar-refractivity contribution in [3.05, 3.63) is 0 Å². The van der Waals surface area contributed by atoms with Gasteiger partial charge >= 0.3 is 0 Å². The molecule has 3 aliphatic rings. The van der Waals surface area contributed by atoms with Gasteiger partial charge in [0.2, 0.25) is 0 Å². The van der Waals surface area contributed by atoms with Crippen LogP contribution < -0.4 is 5.32 Å². The van der Waals surface area contributed by atoms with E-state index in [9.17, 15) is 0 Å². The van der Waals surface area contributed by atoms with Crippen LogP contribution in [-0.4, -0.2) is 24.8 Å². The summed E-state index contributed by atoms with van der Waals surface area (Å²) < 4.78 is 5.84. The van der Waals surface area contributed by atoms with Crippen LogP contribution in [0.5, 0.6) is 0 Å². The largest absolute Gasteiger partial charge is 0.378 e. The van der Waals surface area contributed by atoms with Gasteiger partial charge in [-0.2, -0.15) is 0 Å². The van der Waals surface area contributed by atoms with Gasteiger partial charge in [-0.1, -0.05) is 20.3 Å². The molecule has 0 heterocycles. The van der Waals surface area contributed by atoms with Crippen molar-refractivity contribution in [3.63, 3.8) is 0 Å². The Bertz CT molecular complexity index is 327. The van der Waals surface area contributed by atoms with Crippen molar-refractivity contribution in [2.24, 2.45) is 23.2 Å². The molecule has 6 atom stereocenters. The van der Waals surface area contributed by atoms with Crippen LogP contribution in [0.4, 0.5) is 0 Å². The van der Waals surface area contributed by atoms with Crippen molar-refractivity contribution >= 4 is 0 Å². The third kappa shape index (κ3) is 2.35. The fraction of sp³-hybridized carbons (Fsp3) is 1.00. The molecule has 3 saturated carbocycles. The summed E-state index contributed by atoms with van der Waals surface area (Å²) in [5.41, 5.74) is 0.307. The molecule has 2 bridgehead atoms. The van der Waals surface area contributed by atoms with Crippen molar-refractivity contribution in [2.45, 2.75) is 78.0 Å². The summed E-state index contributed by atoms with van der Waals surface area (Å²) in [6.07, 6.45) is 7.67. The molecule has 110 valence electrons. The molecule has 0 radical (unpaired) electrons. The van der Waals surface area contributed by atoms with Crippen molar-refractivity contribution in [1.82, 2.24) is 5.32 Å². The summed E-state index contributed by atoms with van der Waals surface area (Å²) in [5.74, 6) is 3.03. The molecule has 0 aromatic rings. The third-order valence-electron chi connectivity index (χ3n) is 6.44. The number of hydrogen-bond donors (Lipinski definition) is 1. The maximum absolute atomic E-state index is 5.84. The van der Waals surface area contributed by atoms with Crippen LogP contribution in [0.3, 0.4) is 0 Å². The molecule has 2 nitrogen and oxygen atoms in total. The van der Waals surface area contributed by atoms with E-state index >= 15 is 0 Å². The van der Waals surface area contributed by atoms with Gasteiger partial charge in [-0.15, -0.1) is 0 Å². The first kappa shape index (κ1) is 13.9. The highest BCUT2D eigenvalue weighted by atomic mass is 16.5. The maximum Gasteiger partial charge on any atom is 0.0655 e. The molecule has 0 spiro atoms. The number of nitrogens with one attached hydrogen (secondary N) is 1. The molecule has 3 rings (SSSR count).